The Kier molecular flexibility index (Phi) is 7.78. The SMILES string of the molecule is O=S(=O)(NCCSCCCO)c1ccccc1CCl. The lowest BCUT2D eigenvalue weighted by atomic mass is 10.2. The Labute approximate surface area is 123 Å². The van der Waals surface area contributed by atoms with Crippen molar-refractivity contribution in [3.8, 4) is 0 Å². The molecule has 0 bridgehead atoms. The third-order valence-corrected chi connectivity index (χ3v) is 5.31. The first-order chi connectivity index (χ1) is 9.11. The number of aliphatic hydroxyl groups excluding tert-OH is 1. The Balaban J connectivity index is 2.52. The molecule has 0 heterocycles. The van der Waals surface area contributed by atoms with Crippen molar-refractivity contribution >= 4 is 33.4 Å². The van der Waals surface area contributed by atoms with E-state index in [1.54, 1.807) is 36.0 Å². The van der Waals surface area contributed by atoms with Crippen LogP contribution in [0.1, 0.15) is 12.0 Å². The van der Waals surface area contributed by atoms with Crippen molar-refractivity contribution in [1.29, 1.82) is 0 Å². The predicted molar refractivity (Wildman–Crippen MR) is 80.2 cm³/mol. The summed E-state index contributed by atoms with van der Waals surface area (Å²) in [6.07, 6.45) is 0.729. The Morgan fingerprint density at radius 3 is 2.68 bits per heavy atom. The molecular weight excluding hydrogens is 306 g/mol. The zero-order valence-corrected chi connectivity index (χ0v) is 12.9. The fraction of sp³-hybridized carbons (Fsp3) is 0.500. The first-order valence-corrected chi connectivity index (χ1v) is 9.11. The van der Waals surface area contributed by atoms with Gasteiger partial charge in [-0.2, -0.15) is 11.8 Å². The number of alkyl halides is 1. The molecule has 0 saturated heterocycles. The average Bonchev–Trinajstić information content (AvgIpc) is 2.42. The van der Waals surface area contributed by atoms with E-state index in [1.165, 1.54) is 0 Å². The molecule has 0 atom stereocenters. The highest BCUT2D eigenvalue weighted by atomic mass is 35.5. The van der Waals surface area contributed by atoms with Gasteiger partial charge in [0.2, 0.25) is 10.0 Å². The lowest BCUT2D eigenvalue weighted by molar-refractivity contribution is 0.296. The van der Waals surface area contributed by atoms with Crippen LogP contribution in [-0.4, -0.2) is 38.2 Å². The van der Waals surface area contributed by atoms with Gasteiger partial charge in [0.05, 0.1) is 4.90 Å². The minimum absolute atomic E-state index is 0.168. The summed E-state index contributed by atoms with van der Waals surface area (Å²) in [5.41, 5.74) is 0.601. The van der Waals surface area contributed by atoms with Crippen molar-refractivity contribution in [2.75, 3.05) is 24.7 Å². The molecule has 4 nitrogen and oxygen atoms in total. The molecule has 0 aromatic heterocycles. The quantitative estimate of drug-likeness (QED) is 0.537. The summed E-state index contributed by atoms with van der Waals surface area (Å²) < 4.78 is 26.7. The second-order valence-electron chi connectivity index (χ2n) is 3.83. The predicted octanol–water partition coefficient (Wildman–Crippen LogP) is 1.82. The fourth-order valence-electron chi connectivity index (χ4n) is 1.47. The van der Waals surface area contributed by atoms with E-state index in [0.717, 1.165) is 12.2 Å². The lowest BCUT2D eigenvalue weighted by Gasteiger charge is -2.09. The molecule has 0 unspecified atom stereocenters. The van der Waals surface area contributed by atoms with Crippen LogP contribution < -0.4 is 4.72 Å². The van der Waals surface area contributed by atoms with E-state index in [2.05, 4.69) is 4.72 Å². The summed E-state index contributed by atoms with van der Waals surface area (Å²) >= 11 is 7.35. The average molecular weight is 324 g/mol. The van der Waals surface area contributed by atoms with Crippen LogP contribution in [-0.2, 0) is 15.9 Å². The van der Waals surface area contributed by atoms with Gasteiger partial charge in [-0.1, -0.05) is 18.2 Å². The molecule has 0 radical (unpaired) electrons. The summed E-state index contributed by atoms with van der Waals surface area (Å²) in [5, 5.41) is 8.62. The summed E-state index contributed by atoms with van der Waals surface area (Å²) in [7, 11) is -3.49. The molecule has 0 fully saturated rings. The maximum absolute atomic E-state index is 12.1. The number of rotatable bonds is 9. The van der Waals surface area contributed by atoms with Gasteiger partial charge < -0.3 is 5.11 Å². The van der Waals surface area contributed by atoms with Crippen LogP contribution in [0.15, 0.2) is 29.2 Å². The third kappa shape index (κ3) is 5.71. The summed E-state index contributed by atoms with van der Waals surface area (Å²) in [6, 6.07) is 6.71. The van der Waals surface area contributed by atoms with Crippen LogP contribution >= 0.6 is 23.4 Å². The van der Waals surface area contributed by atoms with Gasteiger partial charge >= 0.3 is 0 Å². The van der Waals surface area contributed by atoms with Gasteiger partial charge in [-0.05, 0) is 23.8 Å². The molecule has 0 saturated carbocycles. The number of thioether (sulfide) groups is 1. The van der Waals surface area contributed by atoms with Crippen molar-refractivity contribution < 1.29 is 13.5 Å². The van der Waals surface area contributed by atoms with Crippen LogP contribution in [0.25, 0.3) is 0 Å². The molecule has 19 heavy (non-hydrogen) atoms. The highest BCUT2D eigenvalue weighted by Gasteiger charge is 2.16. The van der Waals surface area contributed by atoms with Crippen molar-refractivity contribution in [2.45, 2.75) is 17.2 Å². The first kappa shape index (κ1) is 16.8. The number of halogens is 1. The van der Waals surface area contributed by atoms with Crippen LogP contribution in [0.4, 0.5) is 0 Å². The second-order valence-corrected chi connectivity index (χ2v) is 7.06. The molecule has 108 valence electrons. The normalized spacial score (nSPS) is 11.7. The van der Waals surface area contributed by atoms with E-state index in [0.29, 0.717) is 17.9 Å². The zero-order valence-electron chi connectivity index (χ0n) is 10.5. The van der Waals surface area contributed by atoms with Gasteiger partial charge in [0, 0.05) is 24.8 Å². The molecule has 0 aliphatic carbocycles. The highest BCUT2D eigenvalue weighted by molar-refractivity contribution is 7.99. The maximum atomic E-state index is 12.1. The van der Waals surface area contributed by atoms with Gasteiger partial charge in [0.25, 0.3) is 0 Å². The molecule has 7 heteroatoms. The van der Waals surface area contributed by atoms with E-state index in [1.807, 2.05) is 0 Å². The largest absolute Gasteiger partial charge is 0.396 e. The smallest absolute Gasteiger partial charge is 0.240 e. The Morgan fingerprint density at radius 1 is 1.26 bits per heavy atom. The summed E-state index contributed by atoms with van der Waals surface area (Å²) in [4.78, 5) is 0.241. The van der Waals surface area contributed by atoms with E-state index in [-0.39, 0.29) is 17.4 Å². The van der Waals surface area contributed by atoms with Crippen LogP contribution in [0, 0.1) is 0 Å². The Bertz CT molecular complexity index is 480. The summed E-state index contributed by atoms with van der Waals surface area (Å²) in [6.45, 7) is 0.539. The van der Waals surface area contributed by atoms with Crippen molar-refractivity contribution in [3.05, 3.63) is 29.8 Å². The molecular formula is C12H18ClNO3S2. The molecule has 0 aliphatic heterocycles. The van der Waals surface area contributed by atoms with E-state index < -0.39 is 10.0 Å². The van der Waals surface area contributed by atoms with E-state index >= 15 is 0 Å². The van der Waals surface area contributed by atoms with Gasteiger partial charge in [0.15, 0.2) is 0 Å². The minimum Gasteiger partial charge on any atom is -0.396 e. The number of hydrogen-bond acceptors (Lipinski definition) is 4. The zero-order chi connectivity index (χ0) is 14.1. The number of aliphatic hydroxyl groups is 1. The lowest BCUT2D eigenvalue weighted by Crippen LogP contribution is -2.27. The van der Waals surface area contributed by atoms with Crippen molar-refractivity contribution in [1.82, 2.24) is 4.72 Å². The highest BCUT2D eigenvalue weighted by Crippen LogP contribution is 2.17. The third-order valence-electron chi connectivity index (χ3n) is 2.39. The Hall–Kier alpha value is -0.270. The van der Waals surface area contributed by atoms with Gasteiger partial charge in [-0.3, -0.25) is 0 Å². The number of sulfonamides is 1. The molecule has 0 aliphatic rings. The van der Waals surface area contributed by atoms with Gasteiger partial charge in [-0.15, -0.1) is 11.6 Å². The van der Waals surface area contributed by atoms with Crippen LogP contribution in [0.3, 0.4) is 0 Å². The standard InChI is InChI=1S/C12H18ClNO3S2/c13-10-11-4-1-2-5-12(11)19(16,17)14-6-9-18-8-3-7-15/h1-2,4-5,14-15H,3,6-10H2. The maximum Gasteiger partial charge on any atom is 0.240 e. The van der Waals surface area contributed by atoms with Gasteiger partial charge in [-0.25, -0.2) is 13.1 Å². The van der Waals surface area contributed by atoms with Crippen LogP contribution in [0.2, 0.25) is 0 Å². The fourth-order valence-corrected chi connectivity index (χ4v) is 3.97. The first-order valence-electron chi connectivity index (χ1n) is 5.94. The number of hydrogen-bond donors (Lipinski definition) is 2. The van der Waals surface area contributed by atoms with E-state index in [9.17, 15) is 8.42 Å². The van der Waals surface area contributed by atoms with Crippen molar-refractivity contribution in [3.63, 3.8) is 0 Å². The van der Waals surface area contributed by atoms with Crippen LogP contribution in [0.5, 0.6) is 0 Å². The van der Waals surface area contributed by atoms with Crippen molar-refractivity contribution in [2.24, 2.45) is 0 Å². The minimum atomic E-state index is -3.49. The Morgan fingerprint density at radius 2 is 2.00 bits per heavy atom. The molecule has 1 aromatic carbocycles. The molecule has 1 aromatic rings. The molecule has 1 rings (SSSR count). The molecule has 2 N–H and O–H groups in total. The van der Waals surface area contributed by atoms with E-state index in [4.69, 9.17) is 16.7 Å². The second kappa shape index (κ2) is 8.81. The summed E-state index contributed by atoms with van der Waals surface area (Å²) in [5.74, 6) is 1.68. The molecule has 0 amide bonds. The van der Waals surface area contributed by atoms with Gasteiger partial charge in [0.1, 0.15) is 0 Å². The molecule has 0 spiro atoms. The monoisotopic (exact) mass is 323 g/mol. The number of benzene rings is 1. The topological polar surface area (TPSA) is 66.4 Å². The number of nitrogens with one attached hydrogen (secondary N) is 1.